The summed E-state index contributed by atoms with van der Waals surface area (Å²) in [5, 5.41) is 10.4. The maximum Gasteiger partial charge on any atom is 0.246 e. The molecule has 1 unspecified atom stereocenters. The van der Waals surface area contributed by atoms with E-state index in [9.17, 15) is 13.6 Å². The van der Waals surface area contributed by atoms with Crippen molar-refractivity contribution in [2.45, 2.75) is 19.9 Å². The van der Waals surface area contributed by atoms with Crippen molar-refractivity contribution in [3.05, 3.63) is 59.9 Å². The Morgan fingerprint density at radius 3 is 2.38 bits per heavy atom. The van der Waals surface area contributed by atoms with Crippen LogP contribution in [0.15, 0.2) is 42.7 Å². The van der Waals surface area contributed by atoms with Gasteiger partial charge < -0.3 is 15.5 Å². The van der Waals surface area contributed by atoms with Gasteiger partial charge in [0.1, 0.15) is 24.0 Å². The van der Waals surface area contributed by atoms with Gasteiger partial charge in [-0.1, -0.05) is 0 Å². The number of aryl methyl sites for hydroxylation is 1. The molecule has 29 heavy (non-hydrogen) atoms. The van der Waals surface area contributed by atoms with Crippen molar-refractivity contribution in [3.8, 4) is 5.69 Å². The highest BCUT2D eigenvalue weighted by molar-refractivity contribution is 5.84. The van der Waals surface area contributed by atoms with Gasteiger partial charge in [-0.15, -0.1) is 5.10 Å². The van der Waals surface area contributed by atoms with Gasteiger partial charge in [0.15, 0.2) is 0 Å². The molecule has 0 fully saturated rings. The van der Waals surface area contributed by atoms with E-state index >= 15 is 0 Å². The lowest BCUT2D eigenvalue weighted by molar-refractivity contribution is -0.129. The van der Waals surface area contributed by atoms with E-state index in [0.717, 1.165) is 17.3 Å². The Labute approximate surface area is 167 Å². The van der Waals surface area contributed by atoms with Crippen LogP contribution in [0.5, 0.6) is 0 Å². The first-order valence-electron chi connectivity index (χ1n) is 8.96. The van der Waals surface area contributed by atoms with Crippen LogP contribution in [0.4, 0.5) is 26.1 Å². The number of hydrogen-bond donors (Lipinski definition) is 2. The van der Waals surface area contributed by atoms with E-state index < -0.39 is 11.6 Å². The van der Waals surface area contributed by atoms with Crippen LogP contribution in [-0.4, -0.2) is 45.7 Å². The van der Waals surface area contributed by atoms with Crippen molar-refractivity contribution in [1.29, 1.82) is 0 Å². The second-order valence-electron chi connectivity index (χ2n) is 6.95. The smallest absolute Gasteiger partial charge is 0.246 e. The largest absolute Gasteiger partial charge is 0.374 e. The number of amides is 1. The quantitative estimate of drug-likeness (QED) is 0.663. The SMILES string of the molecule is Cc1cc(Nc2ncn(-c3cc(F)cc(F)c3)n2)cc(NC(C)C(=O)N(C)C)c1. The number of anilines is 3. The van der Waals surface area contributed by atoms with Gasteiger partial charge in [0.25, 0.3) is 0 Å². The van der Waals surface area contributed by atoms with E-state index in [1.807, 2.05) is 25.1 Å². The number of rotatable bonds is 6. The molecule has 0 aliphatic heterocycles. The average Bonchev–Trinajstić information content (AvgIpc) is 3.08. The third-order valence-corrected chi connectivity index (χ3v) is 4.13. The lowest BCUT2D eigenvalue weighted by Gasteiger charge is -2.19. The molecule has 0 spiro atoms. The topological polar surface area (TPSA) is 75.1 Å². The molecule has 0 saturated carbocycles. The number of likely N-dealkylation sites (N-methyl/N-ethyl adjacent to an activating group) is 1. The van der Waals surface area contributed by atoms with Gasteiger partial charge in [0.2, 0.25) is 11.9 Å². The molecule has 1 heterocycles. The number of halogens is 2. The van der Waals surface area contributed by atoms with Crippen LogP contribution < -0.4 is 10.6 Å². The number of hydrogen-bond acceptors (Lipinski definition) is 5. The summed E-state index contributed by atoms with van der Waals surface area (Å²) in [5.74, 6) is -1.16. The fourth-order valence-electron chi connectivity index (χ4n) is 2.88. The molecule has 3 rings (SSSR count). The van der Waals surface area contributed by atoms with E-state index in [-0.39, 0.29) is 23.6 Å². The van der Waals surface area contributed by atoms with Crippen molar-refractivity contribution in [1.82, 2.24) is 19.7 Å². The molecule has 152 valence electrons. The first-order valence-corrected chi connectivity index (χ1v) is 8.96. The van der Waals surface area contributed by atoms with Crippen LogP contribution in [0, 0.1) is 18.6 Å². The van der Waals surface area contributed by atoms with Crippen LogP contribution in [0.2, 0.25) is 0 Å². The molecule has 0 aliphatic carbocycles. The highest BCUT2D eigenvalue weighted by Crippen LogP contribution is 2.22. The third-order valence-electron chi connectivity index (χ3n) is 4.13. The zero-order valence-corrected chi connectivity index (χ0v) is 16.6. The molecule has 2 aromatic carbocycles. The van der Waals surface area contributed by atoms with Crippen LogP contribution in [0.25, 0.3) is 5.69 Å². The van der Waals surface area contributed by atoms with Crippen molar-refractivity contribution in [2.75, 3.05) is 24.7 Å². The first-order chi connectivity index (χ1) is 13.7. The van der Waals surface area contributed by atoms with Gasteiger partial charge in [-0.25, -0.2) is 13.5 Å². The number of aromatic nitrogens is 3. The Morgan fingerprint density at radius 2 is 1.72 bits per heavy atom. The molecule has 1 atom stereocenters. The van der Waals surface area contributed by atoms with E-state index in [4.69, 9.17) is 0 Å². The normalized spacial score (nSPS) is 11.8. The monoisotopic (exact) mass is 400 g/mol. The standard InChI is InChI=1S/C20H22F2N6O/c1-12-5-16(24-13(2)19(29)27(3)4)10-17(6-12)25-20-23-11-28(26-20)18-8-14(21)7-15(22)9-18/h5-11,13,24H,1-4H3,(H,25,26). The maximum absolute atomic E-state index is 13.4. The zero-order chi connectivity index (χ0) is 21.1. The Bertz CT molecular complexity index is 1010. The van der Waals surface area contributed by atoms with E-state index in [1.165, 1.54) is 28.0 Å². The number of carbonyl (C=O) groups is 1. The molecule has 1 aromatic heterocycles. The number of benzene rings is 2. The zero-order valence-electron chi connectivity index (χ0n) is 16.6. The highest BCUT2D eigenvalue weighted by atomic mass is 19.1. The molecule has 2 N–H and O–H groups in total. The van der Waals surface area contributed by atoms with E-state index in [2.05, 4.69) is 20.7 Å². The summed E-state index contributed by atoms with van der Waals surface area (Å²) >= 11 is 0. The summed E-state index contributed by atoms with van der Waals surface area (Å²) in [6, 6.07) is 8.38. The van der Waals surface area contributed by atoms with Crippen LogP contribution in [0.3, 0.4) is 0 Å². The van der Waals surface area contributed by atoms with E-state index in [1.54, 1.807) is 21.0 Å². The Balaban J connectivity index is 1.78. The molecule has 0 saturated heterocycles. The number of carbonyl (C=O) groups excluding carboxylic acids is 1. The molecule has 0 radical (unpaired) electrons. The molecule has 9 heteroatoms. The summed E-state index contributed by atoms with van der Waals surface area (Å²) in [4.78, 5) is 17.7. The number of nitrogens with one attached hydrogen (secondary N) is 2. The van der Waals surface area contributed by atoms with Gasteiger partial charge in [0.05, 0.1) is 5.69 Å². The summed E-state index contributed by atoms with van der Waals surface area (Å²) in [7, 11) is 3.41. The van der Waals surface area contributed by atoms with Crippen LogP contribution in [-0.2, 0) is 4.79 Å². The molecular weight excluding hydrogens is 378 g/mol. The Morgan fingerprint density at radius 1 is 1.07 bits per heavy atom. The molecule has 1 amide bonds. The molecule has 0 aliphatic rings. The summed E-state index contributed by atoms with van der Waals surface area (Å²) in [5.41, 5.74) is 2.67. The average molecular weight is 400 g/mol. The minimum Gasteiger partial charge on any atom is -0.374 e. The summed E-state index contributed by atoms with van der Waals surface area (Å²) in [6.45, 7) is 3.72. The van der Waals surface area contributed by atoms with Crippen LogP contribution >= 0.6 is 0 Å². The second kappa shape index (κ2) is 8.26. The predicted octanol–water partition coefficient (Wildman–Crippen LogP) is 3.49. The fraction of sp³-hybridized carbons (Fsp3) is 0.250. The van der Waals surface area contributed by atoms with Gasteiger partial charge in [-0.05, 0) is 49.7 Å². The lowest BCUT2D eigenvalue weighted by atomic mass is 10.1. The predicted molar refractivity (Wildman–Crippen MR) is 108 cm³/mol. The van der Waals surface area contributed by atoms with Gasteiger partial charge in [-0.2, -0.15) is 4.98 Å². The van der Waals surface area contributed by atoms with Crippen molar-refractivity contribution >= 4 is 23.2 Å². The minimum atomic E-state index is -0.694. The maximum atomic E-state index is 13.4. The molecule has 7 nitrogen and oxygen atoms in total. The fourth-order valence-corrected chi connectivity index (χ4v) is 2.88. The molecule has 0 bridgehead atoms. The van der Waals surface area contributed by atoms with Crippen molar-refractivity contribution in [3.63, 3.8) is 0 Å². The van der Waals surface area contributed by atoms with Crippen molar-refractivity contribution in [2.24, 2.45) is 0 Å². The second-order valence-corrected chi connectivity index (χ2v) is 6.95. The summed E-state index contributed by atoms with van der Waals surface area (Å²) in [6.07, 6.45) is 1.36. The first kappa shape index (κ1) is 20.2. The lowest BCUT2D eigenvalue weighted by Crippen LogP contribution is -2.36. The van der Waals surface area contributed by atoms with E-state index in [0.29, 0.717) is 5.69 Å². The molecular formula is C20H22F2N6O. The van der Waals surface area contributed by atoms with Gasteiger partial charge >= 0.3 is 0 Å². The summed E-state index contributed by atoms with van der Waals surface area (Å²) < 4.78 is 28.1. The van der Waals surface area contributed by atoms with Gasteiger partial charge in [0, 0.05) is 31.5 Å². The number of nitrogens with zero attached hydrogens (tertiary/aromatic N) is 4. The Kier molecular flexibility index (Phi) is 5.76. The van der Waals surface area contributed by atoms with Gasteiger partial charge in [-0.3, -0.25) is 4.79 Å². The highest BCUT2D eigenvalue weighted by Gasteiger charge is 2.15. The third kappa shape index (κ3) is 5.07. The van der Waals surface area contributed by atoms with Crippen molar-refractivity contribution < 1.29 is 13.6 Å². The molecule has 3 aromatic rings. The Hall–Kier alpha value is -3.49. The van der Waals surface area contributed by atoms with Crippen LogP contribution in [0.1, 0.15) is 12.5 Å². The minimum absolute atomic E-state index is 0.0382.